The number of hydrogen-bond donors (Lipinski definition) is 2. The fourth-order valence-corrected chi connectivity index (χ4v) is 4.29. The maximum absolute atomic E-state index is 12.1. The Balaban J connectivity index is 1.43. The maximum Gasteiger partial charge on any atom is 0.237 e. The molecule has 0 aliphatic carbocycles. The van der Waals surface area contributed by atoms with Crippen LogP contribution in [0.15, 0.2) is 5.38 Å². The van der Waals surface area contributed by atoms with Gasteiger partial charge in [0, 0.05) is 25.0 Å². The van der Waals surface area contributed by atoms with E-state index < -0.39 is 0 Å². The van der Waals surface area contributed by atoms with Crippen LogP contribution in [0.2, 0.25) is 0 Å². The van der Waals surface area contributed by atoms with E-state index in [1.807, 2.05) is 0 Å². The van der Waals surface area contributed by atoms with Crippen molar-refractivity contribution in [1.82, 2.24) is 20.5 Å². The fraction of sp³-hybridized carbons (Fsp3) is 0.765. The molecule has 128 valence electrons. The zero-order valence-corrected chi connectivity index (χ0v) is 14.8. The molecule has 0 saturated carbocycles. The van der Waals surface area contributed by atoms with Crippen molar-refractivity contribution >= 4 is 17.2 Å². The molecule has 1 aromatic rings. The summed E-state index contributed by atoms with van der Waals surface area (Å²) in [5.74, 6) is 0.755. The Labute approximate surface area is 142 Å². The van der Waals surface area contributed by atoms with Gasteiger partial charge in [-0.2, -0.15) is 0 Å². The van der Waals surface area contributed by atoms with Gasteiger partial charge in [-0.3, -0.25) is 9.69 Å². The van der Waals surface area contributed by atoms with Crippen LogP contribution in [0.3, 0.4) is 0 Å². The molecule has 0 radical (unpaired) electrons. The monoisotopic (exact) mass is 336 g/mol. The molecule has 1 amide bonds. The van der Waals surface area contributed by atoms with Crippen LogP contribution in [0, 0.1) is 5.92 Å². The summed E-state index contributed by atoms with van der Waals surface area (Å²) >= 11 is 1.77. The number of nitrogens with zero attached hydrogens (tertiary/aromatic N) is 2. The van der Waals surface area contributed by atoms with E-state index in [4.69, 9.17) is 0 Å². The lowest BCUT2D eigenvalue weighted by Gasteiger charge is -2.32. The second kappa shape index (κ2) is 8.22. The molecule has 0 bridgehead atoms. The number of piperidine rings is 1. The van der Waals surface area contributed by atoms with E-state index in [1.165, 1.54) is 23.5 Å². The van der Waals surface area contributed by atoms with Crippen molar-refractivity contribution in [2.75, 3.05) is 26.2 Å². The molecule has 23 heavy (non-hydrogen) atoms. The maximum atomic E-state index is 12.1. The van der Waals surface area contributed by atoms with E-state index >= 15 is 0 Å². The minimum Gasteiger partial charge on any atom is -0.354 e. The van der Waals surface area contributed by atoms with Crippen molar-refractivity contribution in [1.29, 1.82) is 0 Å². The molecule has 3 rings (SSSR count). The highest BCUT2D eigenvalue weighted by Crippen LogP contribution is 2.19. The van der Waals surface area contributed by atoms with E-state index in [-0.39, 0.29) is 11.9 Å². The number of rotatable bonds is 6. The summed E-state index contributed by atoms with van der Waals surface area (Å²) in [4.78, 5) is 19.3. The average molecular weight is 337 g/mol. The van der Waals surface area contributed by atoms with Crippen LogP contribution in [0.4, 0.5) is 0 Å². The number of carbonyl (C=O) groups is 1. The molecular weight excluding hydrogens is 308 g/mol. The standard InChI is InChI=1S/C17H28N4OS/c1-2-16-20-14(12-23-16)11-21-8-4-5-13(10-21)9-19-17(22)15-6-3-7-18-15/h12-13,15,18H,2-11H2,1H3,(H,19,22). The second-order valence-electron chi connectivity index (χ2n) is 6.72. The lowest BCUT2D eigenvalue weighted by Crippen LogP contribution is -2.45. The van der Waals surface area contributed by atoms with Gasteiger partial charge in [0.15, 0.2) is 0 Å². The molecule has 6 heteroatoms. The van der Waals surface area contributed by atoms with Gasteiger partial charge in [0.25, 0.3) is 0 Å². The molecule has 2 fully saturated rings. The first-order valence-corrected chi connectivity index (χ1v) is 9.79. The summed E-state index contributed by atoms with van der Waals surface area (Å²) < 4.78 is 0. The van der Waals surface area contributed by atoms with Crippen molar-refractivity contribution in [3.63, 3.8) is 0 Å². The molecule has 5 nitrogen and oxygen atoms in total. The molecule has 2 saturated heterocycles. The van der Waals surface area contributed by atoms with Gasteiger partial charge in [0.1, 0.15) is 0 Å². The predicted molar refractivity (Wildman–Crippen MR) is 93.5 cm³/mol. The highest BCUT2D eigenvalue weighted by Gasteiger charge is 2.24. The van der Waals surface area contributed by atoms with Gasteiger partial charge in [-0.1, -0.05) is 6.92 Å². The van der Waals surface area contributed by atoms with Gasteiger partial charge in [-0.05, 0) is 51.1 Å². The van der Waals surface area contributed by atoms with Crippen molar-refractivity contribution < 1.29 is 4.79 Å². The average Bonchev–Trinajstić information content (AvgIpc) is 3.24. The van der Waals surface area contributed by atoms with E-state index in [0.717, 1.165) is 52.0 Å². The van der Waals surface area contributed by atoms with E-state index in [0.29, 0.717) is 5.92 Å². The number of likely N-dealkylation sites (tertiary alicyclic amines) is 1. The van der Waals surface area contributed by atoms with E-state index in [1.54, 1.807) is 11.3 Å². The quantitative estimate of drug-likeness (QED) is 0.831. The molecule has 1 aromatic heterocycles. The molecule has 0 aromatic carbocycles. The Morgan fingerprint density at radius 1 is 1.48 bits per heavy atom. The molecule has 3 heterocycles. The number of aromatic nitrogens is 1. The van der Waals surface area contributed by atoms with Gasteiger partial charge in [0.2, 0.25) is 5.91 Å². The molecule has 2 aliphatic heterocycles. The summed E-state index contributed by atoms with van der Waals surface area (Å²) in [5, 5.41) is 9.83. The van der Waals surface area contributed by atoms with Gasteiger partial charge >= 0.3 is 0 Å². The Morgan fingerprint density at radius 3 is 3.13 bits per heavy atom. The van der Waals surface area contributed by atoms with Gasteiger partial charge in [-0.25, -0.2) is 4.98 Å². The summed E-state index contributed by atoms with van der Waals surface area (Å²) in [5.41, 5.74) is 1.20. The third-order valence-electron chi connectivity index (χ3n) is 4.83. The van der Waals surface area contributed by atoms with Crippen LogP contribution in [0.1, 0.15) is 43.3 Å². The van der Waals surface area contributed by atoms with E-state index in [2.05, 4.69) is 32.8 Å². The van der Waals surface area contributed by atoms with Crippen LogP contribution >= 0.6 is 11.3 Å². The van der Waals surface area contributed by atoms with Crippen molar-refractivity contribution in [2.45, 2.75) is 51.6 Å². The molecule has 2 aliphatic rings. The highest BCUT2D eigenvalue weighted by molar-refractivity contribution is 7.09. The number of carbonyl (C=O) groups excluding carboxylic acids is 1. The summed E-state index contributed by atoms with van der Waals surface area (Å²) in [6.45, 7) is 7.10. The Hall–Kier alpha value is -0.980. The predicted octanol–water partition coefficient (Wildman–Crippen LogP) is 1.79. The lowest BCUT2D eigenvalue weighted by molar-refractivity contribution is -0.123. The Morgan fingerprint density at radius 2 is 2.39 bits per heavy atom. The second-order valence-corrected chi connectivity index (χ2v) is 7.67. The van der Waals surface area contributed by atoms with Crippen LogP contribution in [0.25, 0.3) is 0 Å². The molecule has 0 spiro atoms. The minimum atomic E-state index is 0.0390. The van der Waals surface area contributed by atoms with Crippen LogP contribution < -0.4 is 10.6 Å². The Bertz CT molecular complexity index is 512. The largest absolute Gasteiger partial charge is 0.354 e. The lowest BCUT2D eigenvalue weighted by atomic mass is 9.97. The topological polar surface area (TPSA) is 57.3 Å². The van der Waals surface area contributed by atoms with Gasteiger partial charge in [-0.15, -0.1) is 11.3 Å². The van der Waals surface area contributed by atoms with Crippen LogP contribution in [0.5, 0.6) is 0 Å². The third-order valence-corrected chi connectivity index (χ3v) is 5.87. The molecule has 2 N–H and O–H groups in total. The number of aryl methyl sites for hydroxylation is 1. The number of amides is 1. The van der Waals surface area contributed by atoms with E-state index in [9.17, 15) is 4.79 Å². The van der Waals surface area contributed by atoms with Crippen molar-refractivity contribution in [3.8, 4) is 0 Å². The van der Waals surface area contributed by atoms with Crippen LogP contribution in [-0.4, -0.2) is 48.0 Å². The SMILES string of the molecule is CCc1nc(CN2CCCC(CNC(=O)C3CCCN3)C2)cs1. The van der Waals surface area contributed by atoms with Crippen molar-refractivity contribution in [2.24, 2.45) is 5.92 Å². The molecule has 2 atom stereocenters. The fourth-order valence-electron chi connectivity index (χ4n) is 3.55. The zero-order chi connectivity index (χ0) is 16.1. The first-order chi connectivity index (χ1) is 11.2. The van der Waals surface area contributed by atoms with Gasteiger partial charge < -0.3 is 10.6 Å². The summed E-state index contributed by atoms with van der Waals surface area (Å²) in [7, 11) is 0. The third kappa shape index (κ3) is 4.75. The number of thiazole rings is 1. The highest BCUT2D eigenvalue weighted by atomic mass is 32.1. The normalized spacial score (nSPS) is 25.6. The Kier molecular flexibility index (Phi) is 6.02. The molecular formula is C17H28N4OS. The first kappa shape index (κ1) is 16.9. The summed E-state index contributed by atoms with van der Waals surface area (Å²) in [6.07, 6.45) is 5.54. The van der Waals surface area contributed by atoms with Crippen molar-refractivity contribution in [3.05, 3.63) is 16.1 Å². The zero-order valence-electron chi connectivity index (χ0n) is 14.0. The smallest absolute Gasteiger partial charge is 0.237 e. The van der Waals surface area contributed by atoms with Crippen LogP contribution in [-0.2, 0) is 17.8 Å². The van der Waals surface area contributed by atoms with Gasteiger partial charge in [0.05, 0.1) is 16.7 Å². The minimum absolute atomic E-state index is 0.0390. The first-order valence-electron chi connectivity index (χ1n) is 8.91. The molecule has 2 unspecified atom stereocenters. The number of hydrogen-bond acceptors (Lipinski definition) is 5. The number of nitrogens with one attached hydrogen (secondary N) is 2. The summed E-state index contributed by atoms with van der Waals surface area (Å²) in [6, 6.07) is 0.0390.